The van der Waals surface area contributed by atoms with Gasteiger partial charge in [0.05, 0.1) is 10.4 Å². The van der Waals surface area contributed by atoms with Gasteiger partial charge in [-0.2, -0.15) is 4.57 Å². The molecule has 4 nitrogen and oxygen atoms in total. The van der Waals surface area contributed by atoms with Crippen molar-refractivity contribution in [2.45, 2.75) is 33.2 Å². The summed E-state index contributed by atoms with van der Waals surface area (Å²) in [6, 6.07) is 3.85. The van der Waals surface area contributed by atoms with Crippen LogP contribution >= 0.6 is 11.3 Å². The van der Waals surface area contributed by atoms with Crippen LogP contribution in [0.25, 0.3) is 0 Å². The zero-order valence-electron chi connectivity index (χ0n) is 11.5. The van der Waals surface area contributed by atoms with E-state index in [2.05, 4.69) is 23.4 Å². The molecule has 3 N–H and O–H groups in total. The number of hydrogen-bond acceptors (Lipinski definition) is 4. The number of aliphatic hydroxyl groups excluding tert-OH is 1. The number of anilines is 1. The minimum Gasteiger partial charge on any atom is -0.396 e. The van der Waals surface area contributed by atoms with E-state index in [1.165, 1.54) is 11.3 Å². The van der Waals surface area contributed by atoms with E-state index in [4.69, 9.17) is 10.8 Å². The monoisotopic (exact) mass is 280 g/mol. The van der Waals surface area contributed by atoms with Gasteiger partial charge in [-0.3, -0.25) is 0 Å². The maximum Gasteiger partial charge on any atom is 0.225 e. The van der Waals surface area contributed by atoms with Crippen LogP contribution in [0.1, 0.15) is 30.7 Å². The molecule has 0 aromatic carbocycles. The molecule has 0 aliphatic heterocycles. The lowest BCUT2D eigenvalue weighted by atomic mass is 10.2. The van der Waals surface area contributed by atoms with E-state index in [0.717, 1.165) is 12.1 Å². The third-order valence-corrected chi connectivity index (χ3v) is 3.27. The minimum absolute atomic E-state index is 0.190. The van der Waals surface area contributed by atoms with Gasteiger partial charge in [0.25, 0.3) is 0 Å². The van der Waals surface area contributed by atoms with Gasteiger partial charge in [-0.25, -0.2) is 4.98 Å². The molecule has 0 fully saturated rings. The summed E-state index contributed by atoms with van der Waals surface area (Å²) in [5.41, 5.74) is 8.81. The highest BCUT2D eigenvalue weighted by Gasteiger charge is 2.09. The molecule has 2 heterocycles. The lowest BCUT2D eigenvalue weighted by molar-refractivity contribution is -0.683. The summed E-state index contributed by atoms with van der Waals surface area (Å²) in [6.07, 6.45) is 5.68. The Hall–Kier alpha value is -1.46. The Labute approximate surface area is 118 Å². The molecular weight excluding hydrogens is 258 g/mol. The van der Waals surface area contributed by atoms with Crippen LogP contribution in [0.4, 0.5) is 5.82 Å². The van der Waals surface area contributed by atoms with Crippen molar-refractivity contribution in [3.05, 3.63) is 40.5 Å². The molecule has 2 aromatic heterocycles. The van der Waals surface area contributed by atoms with Crippen LogP contribution in [0.15, 0.2) is 30.0 Å². The molecule has 2 aromatic rings. The second-order valence-electron chi connectivity index (χ2n) is 4.22. The van der Waals surface area contributed by atoms with Crippen molar-refractivity contribution in [2.24, 2.45) is 0 Å². The molecule has 0 radical (unpaired) electrons. The average molecular weight is 280 g/mol. The standard InChI is InChI=1S/C11H14N3OS.C3H8/c12-11-9(2-1-4-13-11)6-14-7-10(3-5-15)16-8-14;1-3-2/h1-2,4,7-8,15H,3,5-6H2,(H2,12,13);3H2,1-2H3/q+1;. The van der Waals surface area contributed by atoms with Crippen molar-refractivity contribution in [1.29, 1.82) is 0 Å². The highest BCUT2D eigenvalue weighted by atomic mass is 32.1. The van der Waals surface area contributed by atoms with Crippen molar-refractivity contribution in [2.75, 3.05) is 12.3 Å². The topological polar surface area (TPSA) is 63.0 Å². The second kappa shape index (κ2) is 8.61. The van der Waals surface area contributed by atoms with Crippen LogP contribution < -0.4 is 10.3 Å². The van der Waals surface area contributed by atoms with Crippen LogP contribution in [-0.2, 0) is 13.0 Å². The SMILES string of the molecule is CCC.Nc1ncccc1C[n+]1csc(CCO)c1. The average Bonchev–Trinajstić information content (AvgIpc) is 2.81. The molecule has 0 unspecified atom stereocenters. The van der Waals surface area contributed by atoms with Gasteiger partial charge in [-0.15, -0.1) is 0 Å². The molecule has 0 saturated carbocycles. The molecule has 0 aliphatic carbocycles. The maximum absolute atomic E-state index is 8.83. The van der Waals surface area contributed by atoms with Gasteiger partial charge in [0.1, 0.15) is 5.82 Å². The van der Waals surface area contributed by atoms with E-state index in [-0.39, 0.29) is 6.61 Å². The van der Waals surface area contributed by atoms with Crippen molar-refractivity contribution in [1.82, 2.24) is 4.98 Å². The van der Waals surface area contributed by atoms with E-state index >= 15 is 0 Å². The Balaban J connectivity index is 0.000000550. The summed E-state index contributed by atoms with van der Waals surface area (Å²) in [5, 5.41) is 8.83. The van der Waals surface area contributed by atoms with Crippen LogP contribution in [0.5, 0.6) is 0 Å². The quantitative estimate of drug-likeness (QED) is 0.842. The third kappa shape index (κ3) is 5.36. The fraction of sp³-hybridized carbons (Fsp3) is 0.429. The summed E-state index contributed by atoms with van der Waals surface area (Å²) < 4.78 is 2.06. The fourth-order valence-electron chi connectivity index (χ4n) is 1.48. The van der Waals surface area contributed by atoms with Crippen molar-refractivity contribution in [3.63, 3.8) is 0 Å². The summed E-state index contributed by atoms with van der Waals surface area (Å²) >= 11 is 1.64. The van der Waals surface area contributed by atoms with Gasteiger partial charge in [0, 0.05) is 19.2 Å². The first-order chi connectivity index (χ1) is 9.21. The Bertz CT molecular complexity index is 485. The highest BCUT2D eigenvalue weighted by molar-refractivity contribution is 7.09. The fourth-order valence-corrected chi connectivity index (χ4v) is 2.29. The molecule has 104 valence electrons. The Morgan fingerprint density at radius 3 is 2.79 bits per heavy atom. The van der Waals surface area contributed by atoms with Gasteiger partial charge in [-0.1, -0.05) is 31.6 Å². The largest absolute Gasteiger partial charge is 0.396 e. The van der Waals surface area contributed by atoms with Gasteiger partial charge >= 0.3 is 0 Å². The first kappa shape index (κ1) is 15.6. The first-order valence-electron chi connectivity index (χ1n) is 6.47. The molecule has 19 heavy (non-hydrogen) atoms. The molecule has 2 rings (SSSR count). The van der Waals surface area contributed by atoms with E-state index in [1.807, 2.05) is 23.8 Å². The van der Waals surface area contributed by atoms with Gasteiger partial charge < -0.3 is 10.8 Å². The molecule has 0 saturated heterocycles. The summed E-state index contributed by atoms with van der Waals surface area (Å²) in [5.74, 6) is 0.574. The third-order valence-electron chi connectivity index (χ3n) is 2.29. The lowest BCUT2D eigenvalue weighted by Gasteiger charge is -1.98. The molecule has 0 aliphatic rings. The molecule has 0 bridgehead atoms. The highest BCUT2D eigenvalue weighted by Crippen LogP contribution is 2.09. The van der Waals surface area contributed by atoms with Gasteiger partial charge in [-0.05, 0) is 12.1 Å². The van der Waals surface area contributed by atoms with Crippen LogP contribution in [0.3, 0.4) is 0 Å². The number of nitrogens with two attached hydrogens (primary N) is 1. The minimum atomic E-state index is 0.190. The summed E-state index contributed by atoms with van der Waals surface area (Å²) in [4.78, 5) is 5.22. The number of pyridine rings is 1. The van der Waals surface area contributed by atoms with Crippen LogP contribution in [0, 0.1) is 0 Å². The van der Waals surface area contributed by atoms with Gasteiger partial charge in [0.2, 0.25) is 5.51 Å². The Morgan fingerprint density at radius 2 is 2.16 bits per heavy atom. The van der Waals surface area contributed by atoms with E-state index in [0.29, 0.717) is 12.2 Å². The van der Waals surface area contributed by atoms with Gasteiger partial charge in [0.15, 0.2) is 12.7 Å². The normalized spacial score (nSPS) is 9.84. The number of rotatable bonds is 4. The number of aromatic nitrogens is 2. The molecular formula is C14H22N3OS+. The molecule has 0 amide bonds. The van der Waals surface area contributed by atoms with Crippen molar-refractivity contribution >= 4 is 17.2 Å². The number of nitrogens with zero attached hydrogens (tertiary/aromatic N) is 2. The zero-order valence-corrected chi connectivity index (χ0v) is 12.4. The molecule has 0 atom stereocenters. The van der Waals surface area contributed by atoms with E-state index in [9.17, 15) is 0 Å². The Kier molecular flexibility index (Phi) is 7.07. The summed E-state index contributed by atoms with van der Waals surface area (Å²) in [6.45, 7) is 5.16. The number of thiazole rings is 1. The molecule has 0 spiro atoms. The Morgan fingerprint density at radius 1 is 1.42 bits per heavy atom. The van der Waals surface area contributed by atoms with E-state index in [1.54, 1.807) is 17.5 Å². The predicted octanol–water partition coefficient (Wildman–Crippen LogP) is 2.01. The number of nitrogen functional groups attached to an aromatic ring is 1. The number of aliphatic hydroxyl groups is 1. The first-order valence-corrected chi connectivity index (χ1v) is 7.35. The smallest absolute Gasteiger partial charge is 0.225 e. The lowest BCUT2D eigenvalue weighted by Crippen LogP contribution is -2.31. The number of hydrogen-bond donors (Lipinski definition) is 2. The van der Waals surface area contributed by atoms with Crippen LogP contribution in [-0.4, -0.2) is 16.7 Å². The maximum atomic E-state index is 8.83. The van der Waals surface area contributed by atoms with E-state index < -0.39 is 0 Å². The van der Waals surface area contributed by atoms with Crippen LogP contribution in [0.2, 0.25) is 0 Å². The predicted molar refractivity (Wildman–Crippen MR) is 79.0 cm³/mol. The second-order valence-corrected chi connectivity index (χ2v) is 5.19. The van der Waals surface area contributed by atoms with Crippen molar-refractivity contribution < 1.29 is 9.67 Å². The van der Waals surface area contributed by atoms with Crippen molar-refractivity contribution in [3.8, 4) is 0 Å². The zero-order chi connectivity index (χ0) is 14.1. The summed E-state index contributed by atoms with van der Waals surface area (Å²) in [7, 11) is 0. The molecule has 5 heteroatoms.